The summed E-state index contributed by atoms with van der Waals surface area (Å²) in [6.45, 7) is 6.18. The second-order valence-corrected chi connectivity index (χ2v) is 12.3. The summed E-state index contributed by atoms with van der Waals surface area (Å²) < 4.78 is 21.3. The fourth-order valence-electron chi connectivity index (χ4n) is 5.72. The van der Waals surface area contributed by atoms with Crippen LogP contribution in [-0.2, 0) is 11.2 Å². The number of carboxylic acid groups (broad SMARTS) is 1. The molecular weight excluding hydrogens is 569 g/mol. The third kappa shape index (κ3) is 7.66. The van der Waals surface area contributed by atoms with Gasteiger partial charge in [-0.05, 0) is 87.4 Å². The van der Waals surface area contributed by atoms with E-state index >= 15 is 0 Å². The zero-order valence-corrected chi connectivity index (χ0v) is 25.1. The fourth-order valence-corrected chi connectivity index (χ4v) is 6.76. The molecule has 1 aliphatic rings. The second-order valence-electron chi connectivity index (χ2n) is 11.3. The summed E-state index contributed by atoms with van der Waals surface area (Å²) in [5, 5.41) is 11.5. The molecule has 226 valence electrons. The first-order chi connectivity index (χ1) is 20.7. The summed E-state index contributed by atoms with van der Waals surface area (Å²) in [5.41, 5.74) is 8.11. The number of aliphatic carboxylic acids is 1. The Bertz CT molecular complexity index is 1590. The van der Waals surface area contributed by atoms with Gasteiger partial charge in [-0.15, -0.1) is 11.3 Å². The third-order valence-corrected chi connectivity index (χ3v) is 9.32. The molecule has 1 aliphatic heterocycles. The van der Waals surface area contributed by atoms with Crippen LogP contribution in [0.2, 0.25) is 0 Å². The van der Waals surface area contributed by atoms with E-state index in [0.717, 1.165) is 65.6 Å². The molecule has 43 heavy (non-hydrogen) atoms. The normalized spacial score (nSPS) is 18.5. The van der Waals surface area contributed by atoms with E-state index in [1.165, 1.54) is 29.0 Å². The van der Waals surface area contributed by atoms with Crippen LogP contribution in [0.1, 0.15) is 45.1 Å². The van der Waals surface area contributed by atoms with Gasteiger partial charge in [-0.25, -0.2) is 9.18 Å². The highest BCUT2D eigenvalue weighted by atomic mass is 32.1. The summed E-state index contributed by atoms with van der Waals surface area (Å²) in [6, 6.07) is 11.2. The number of anilines is 1. The summed E-state index contributed by atoms with van der Waals surface area (Å²) in [5.74, 6) is 0.211. The summed E-state index contributed by atoms with van der Waals surface area (Å²) in [7, 11) is 0. The lowest BCUT2D eigenvalue weighted by molar-refractivity contribution is -0.138. The van der Waals surface area contributed by atoms with Gasteiger partial charge in [0.05, 0.1) is 27.2 Å². The molecule has 5 rings (SSSR count). The van der Waals surface area contributed by atoms with Crippen molar-refractivity contribution in [1.82, 2.24) is 14.9 Å². The van der Waals surface area contributed by atoms with Crippen LogP contribution in [-0.4, -0.2) is 51.1 Å². The molecule has 0 bridgehead atoms. The maximum absolute atomic E-state index is 14.7. The first-order valence-electron chi connectivity index (χ1n) is 14.5. The number of hydrogen-bond acceptors (Lipinski definition) is 7. The number of fused-ring (bicyclic) bond motifs is 1. The molecule has 0 spiro atoms. The number of aromatic nitrogens is 2. The van der Waals surface area contributed by atoms with Gasteiger partial charge in [-0.1, -0.05) is 13.0 Å². The summed E-state index contributed by atoms with van der Waals surface area (Å²) in [6.07, 6.45) is 7.94. The van der Waals surface area contributed by atoms with Crippen molar-refractivity contribution in [2.24, 2.45) is 17.6 Å². The number of carboxylic acids is 1. The topological polar surface area (TPSA) is 131 Å². The van der Waals surface area contributed by atoms with Crippen LogP contribution in [0, 0.1) is 17.7 Å². The Labute approximate surface area is 253 Å². The van der Waals surface area contributed by atoms with Gasteiger partial charge in [0.25, 0.3) is 0 Å². The Morgan fingerprint density at radius 1 is 1.16 bits per heavy atom. The van der Waals surface area contributed by atoms with E-state index in [4.69, 9.17) is 20.6 Å². The number of pyridine rings is 2. The number of thiophene rings is 1. The van der Waals surface area contributed by atoms with Gasteiger partial charge in [0.1, 0.15) is 5.75 Å². The Kier molecular flexibility index (Phi) is 9.52. The number of urea groups is 1. The summed E-state index contributed by atoms with van der Waals surface area (Å²) >= 11 is 1.48. The first-order valence-corrected chi connectivity index (χ1v) is 15.3. The quantitative estimate of drug-likeness (QED) is 0.189. The van der Waals surface area contributed by atoms with E-state index in [2.05, 4.69) is 28.2 Å². The number of nitrogens with one attached hydrogen (secondary N) is 1. The number of halogens is 1. The minimum Gasteiger partial charge on any atom is -0.481 e. The van der Waals surface area contributed by atoms with Crippen molar-refractivity contribution in [2.45, 2.75) is 52.0 Å². The average Bonchev–Trinajstić information content (AvgIpc) is 3.39. The predicted molar refractivity (Wildman–Crippen MR) is 166 cm³/mol. The van der Waals surface area contributed by atoms with E-state index in [1.807, 2.05) is 25.3 Å². The number of likely N-dealkylation sites (tertiary alicyclic amines) is 1. The molecule has 4 N–H and O–H groups in total. The molecule has 3 atom stereocenters. The number of primary amides is 1. The van der Waals surface area contributed by atoms with Gasteiger partial charge in [0.2, 0.25) is 0 Å². The highest BCUT2D eigenvalue weighted by Gasteiger charge is 2.25. The molecular formula is C32H36FN5O4S. The van der Waals surface area contributed by atoms with Crippen molar-refractivity contribution >= 4 is 39.2 Å². The second kappa shape index (κ2) is 13.5. The van der Waals surface area contributed by atoms with Crippen molar-refractivity contribution in [3.05, 3.63) is 66.2 Å². The Morgan fingerprint density at radius 2 is 2.00 bits per heavy atom. The lowest BCUT2D eigenvalue weighted by Gasteiger charge is -2.35. The maximum Gasteiger partial charge on any atom is 0.316 e. The average molecular weight is 606 g/mol. The van der Waals surface area contributed by atoms with Crippen molar-refractivity contribution in [3.63, 3.8) is 0 Å². The highest BCUT2D eigenvalue weighted by Crippen LogP contribution is 2.39. The van der Waals surface area contributed by atoms with Crippen LogP contribution in [0.25, 0.3) is 20.8 Å². The third-order valence-electron chi connectivity index (χ3n) is 8.16. The standard InChI is InChI=1S/C32H36FN5O4S/c1-19-10-13-38(20(2)14-30(39)40)12-3-4-22(19)15-21-5-7-25(36-18-21)29-17-26-31(43-29)28(9-11-35-26)42-27-8-6-23(16-24(27)33)37-32(34)41/h5-9,11,16-20,22H,3-4,10,12-15H2,1-2H3,(H,39,40)(H3,34,37,41). The van der Waals surface area contributed by atoms with E-state index in [0.29, 0.717) is 17.6 Å². The highest BCUT2D eigenvalue weighted by molar-refractivity contribution is 7.22. The van der Waals surface area contributed by atoms with Gasteiger partial charge in [-0.2, -0.15) is 0 Å². The minimum atomic E-state index is -0.774. The van der Waals surface area contributed by atoms with E-state index in [9.17, 15) is 14.0 Å². The molecule has 1 aromatic carbocycles. The van der Waals surface area contributed by atoms with Crippen molar-refractivity contribution in [3.8, 4) is 22.1 Å². The number of ether oxygens (including phenoxy) is 1. The van der Waals surface area contributed by atoms with Crippen molar-refractivity contribution in [1.29, 1.82) is 0 Å². The molecule has 9 nitrogen and oxygen atoms in total. The Balaban J connectivity index is 1.25. The van der Waals surface area contributed by atoms with Crippen LogP contribution < -0.4 is 15.8 Å². The van der Waals surface area contributed by atoms with E-state index in [-0.39, 0.29) is 23.9 Å². The lowest BCUT2D eigenvalue weighted by atomic mass is 9.81. The largest absolute Gasteiger partial charge is 0.481 e. The van der Waals surface area contributed by atoms with Gasteiger partial charge in [0.15, 0.2) is 11.6 Å². The lowest BCUT2D eigenvalue weighted by Crippen LogP contribution is -2.39. The van der Waals surface area contributed by atoms with Gasteiger partial charge < -0.3 is 25.8 Å². The molecule has 0 aliphatic carbocycles. The number of hydrogen-bond donors (Lipinski definition) is 3. The maximum atomic E-state index is 14.7. The predicted octanol–water partition coefficient (Wildman–Crippen LogP) is 6.92. The molecule has 2 amide bonds. The van der Waals surface area contributed by atoms with Crippen LogP contribution in [0.15, 0.2) is 54.9 Å². The molecule has 3 unspecified atom stereocenters. The van der Waals surface area contributed by atoms with Gasteiger partial charge in [0, 0.05) is 36.3 Å². The molecule has 1 saturated heterocycles. The molecule has 0 saturated carbocycles. The van der Waals surface area contributed by atoms with E-state index in [1.54, 1.807) is 12.3 Å². The number of carbonyl (C=O) groups is 2. The molecule has 4 aromatic rings. The number of rotatable bonds is 9. The first kappa shape index (κ1) is 30.4. The number of nitrogens with two attached hydrogens (primary N) is 1. The molecule has 11 heteroatoms. The monoisotopic (exact) mass is 605 g/mol. The zero-order valence-electron chi connectivity index (χ0n) is 24.3. The van der Waals surface area contributed by atoms with Crippen LogP contribution in [0.5, 0.6) is 11.5 Å². The van der Waals surface area contributed by atoms with Gasteiger partial charge >= 0.3 is 12.0 Å². The summed E-state index contributed by atoms with van der Waals surface area (Å²) in [4.78, 5) is 34.7. The van der Waals surface area contributed by atoms with Crippen LogP contribution in [0.3, 0.4) is 0 Å². The fraction of sp³-hybridized carbons (Fsp3) is 0.375. The number of nitrogens with zero attached hydrogens (tertiary/aromatic N) is 3. The molecule has 4 heterocycles. The number of amides is 2. The number of carbonyl (C=O) groups excluding carboxylic acids is 1. The zero-order chi connectivity index (χ0) is 30.5. The van der Waals surface area contributed by atoms with Crippen molar-refractivity contribution < 1.29 is 23.8 Å². The van der Waals surface area contributed by atoms with E-state index < -0.39 is 17.8 Å². The molecule has 3 aromatic heterocycles. The number of benzene rings is 1. The smallest absolute Gasteiger partial charge is 0.316 e. The Hall–Kier alpha value is -4.09. The van der Waals surface area contributed by atoms with Crippen molar-refractivity contribution in [2.75, 3.05) is 18.4 Å². The minimum absolute atomic E-state index is 0.0193. The molecule has 1 fully saturated rings. The van der Waals surface area contributed by atoms with Crippen LogP contribution in [0.4, 0.5) is 14.9 Å². The molecule has 0 radical (unpaired) electrons. The van der Waals surface area contributed by atoms with Gasteiger partial charge in [-0.3, -0.25) is 14.8 Å². The van der Waals surface area contributed by atoms with Crippen LogP contribution >= 0.6 is 11.3 Å². The SMILES string of the molecule is CC1CCN(C(C)CC(=O)O)CCCC1Cc1ccc(-c2cc3nccc(Oc4ccc(NC(N)=O)cc4F)c3s2)nc1. The Morgan fingerprint density at radius 3 is 2.72 bits per heavy atom.